The maximum absolute atomic E-state index is 2.61. The molecule has 0 radical (unpaired) electrons. The second kappa shape index (κ2) is 8.83. The van der Waals surface area contributed by atoms with Gasteiger partial charge in [-0.15, -0.1) is 0 Å². The van der Waals surface area contributed by atoms with Crippen LogP contribution in [-0.2, 0) is 0 Å². The molecule has 0 aromatic carbocycles. The van der Waals surface area contributed by atoms with Gasteiger partial charge in [-0.25, -0.2) is 0 Å². The zero-order valence-corrected chi connectivity index (χ0v) is 19.5. The standard InChI is InChI=1S/C2H22Si8/c1-10(2)9-8-7-6-5-4-3/h10H,4-9H2,1-3H3. The minimum Gasteiger partial charge on any atom is -0.0748 e. The Labute approximate surface area is 82.2 Å². The van der Waals surface area contributed by atoms with Gasteiger partial charge in [0.05, 0.1) is 0 Å². The third-order valence-corrected chi connectivity index (χ3v) is 122. The lowest BCUT2D eigenvalue weighted by Gasteiger charge is -1.98. The Morgan fingerprint density at radius 3 is 2.10 bits per heavy atom. The van der Waals surface area contributed by atoms with Crippen molar-refractivity contribution in [3.05, 3.63) is 0 Å². The summed E-state index contributed by atoms with van der Waals surface area (Å²) in [5.74, 6) is 0. The molecule has 0 amide bonds. The van der Waals surface area contributed by atoms with Gasteiger partial charge in [-0.05, 0) is 61.1 Å². The average molecular weight is 271 g/mol. The summed E-state index contributed by atoms with van der Waals surface area (Å²) in [6.07, 6.45) is 0. The normalized spacial score (nSPS) is 18.3. The summed E-state index contributed by atoms with van der Waals surface area (Å²) >= 11 is 0. The molecule has 0 spiro atoms. The van der Waals surface area contributed by atoms with E-state index in [1.54, 1.807) is 9.76 Å². The van der Waals surface area contributed by atoms with Crippen LogP contribution in [0.2, 0.25) is 13.1 Å². The molecule has 0 bridgehead atoms. The molecule has 0 saturated heterocycles. The molecule has 0 aliphatic rings. The highest BCUT2D eigenvalue weighted by Gasteiger charge is 1.97. The third-order valence-electron chi connectivity index (χ3n) is 1.89. The first kappa shape index (κ1) is 11.7. The molecule has 62 valence electrons. The van der Waals surface area contributed by atoms with Crippen molar-refractivity contribution in [2.24, 2.45) is 0 Å². The lowest BCUT2D eigenvalue weighted by molar-refractivity contribution is 2.10. The molecular weight excluding hydrogens is 249 g/mol. The van der Waals surface area contributed by atoms with Gasteiger partial charge in [0.15, 0.2) is 0 Å². The van der Waals surface area contributed by atoms with E-state index in [-0.39, 0.29) is 8.31 Å². The fraction of sp³-hybridized carbons (Fsp3) is 1.00. The van der Waals surface area contributed by atoms with E-state index >= 15 is 0 Å². The largest absolute Gasteiger partial charge is 0.0748 e. The van der Waals surface area contributed by atoms with E-state index in [0.29, 0.717) is 0 Å². The molecule has 0 saturated carbocycles. The number of hydrogen-bond acceptors (Lipinski definition) is 0. The Morgan fingerprint density at radius 1 is 1.00 bits per heavy atom. The highest BCUT2D eigenvalue weighted by molar-refractivity contribution is 7.65. The van der Waals surface area contributed by atoms with Crippen molar-refractivity contribution in [2.75, 3.05) is 0 Å². The van der Waals surface area contributed by atoms with Crippen LogP contribution in [0.4, 0.5) is 0 Å². The van der Waals surface area contributed by atoms with Crippen molar-refractivity contribution >= 4 is 69.4 Å². The first-order valence-electron chi connectivity index (χ1n) is 4.77. The van der Waals surface area contributed by atoms with Gasteiger partial charge >= 0.3 is 0 Å². The first-order chi connectivity index (χ1) is 4.77. The Balaban J connectivity index is 2.77. The molecule has 8 heteroatoms. The van der Waals surface area contributed by atoms with E-state index in [9.17, 15) is 0 Å². The summed E-state index contributed by atoms with van der Waals surface area (Å²) in [6.45, 7) is 5.21. The lowest BCUT2D eigenvalue weighted by Crippen LogP contribution is -2.31. The van der Waals surface area contributed by atoms with Crippen molar-refractivity contribution in [1.29, 1.82) is 0 Å². The van der Waals surface area contributed by atoms with Gasteiger partial charge in [0.1, 0.15) is 0 Å². The van der Waals surface area contributed by atoms with E-state index in [2.05, 4.69) is 13.1 Å². The van der Waals surface area contributed by atoms with Gasteiger partial charge < -0.3 is 0 Å². The van der Waals surface area contributed by atoms with Crippen LogP contribution in [0, 0.1) is 0 Å². The molecule has 0 rings (SSSR count). The summed E-state index contributed by atoms with van der Waals surface area (Å²) < 4.78 is 0. The smallest absolute Gasteiger partial charge is 0.0146 e. The second-order valence-electron chi connectivity index (χ2n) is 3.60. The van der Waals surface area contributed by atoms with Crippen molar-refractivity contribution < 1.29 is 0 Å². The second-order valence-corrected chi connectivity index (χ2v) is 68.6. The van der Waals surface area contributed by atoms with Gasteiger partial charge in [-0.1, -0.05) is 13.1 Å². The monoisotopic (exact) mass is 270 g/mol. The molecule has 0 unspecified atom stereocenters. The van der Waals surface area contributed by atoms with E-state index in [0.717, 1.165) is 51.3 Å². The topological polar surface area (TPSA) is 0 Å². The quantitative estimate of drug-likeness (QED) is 0.333. The van der Waals surface area contributed by atoms with Crippen LogP contribution in [0.25, 0.3) is 0 Å². The van der Waals surface area contributed by atoms with Gasteiger partial charge in [-0.2, -0.15) is 0 Å². The van der Waals surface area contributed by atoms with Crippen LogP contribution in [-0.4, -0.2) is 69.4 Å². The van der Waals surface area contributed by atoms with Crippen molar-refractivity contribution in [3.8, 4) is 0 Å². The van der Waals surface area contributed by atoms with Crippen LogP contribution >= 0.6 is 0 Å². The summed E-state index contributed by atoms with van der Waals surface area (Å²) in [6, 6.07) is 0. The summed E-state index contributed by atoms with van der Waals surface area (Å²) in [5.41, 5.74) is 0. The van der Waals surface area contributed by atoms with Crippen LogP contribution in [0.1, 0.15) is 0 Å². The van der Waals surface area contributed by atoms with Crippen molar-refractivity contribution in [2.45, 2.75) is 13.1 Å². The molecular formula is C2H22Si8. The van der Waals surface area contributed by atoms with E-state index in [4.69, 9.17) is 0 Å². The predicted octanol–water partition coefficient (Wildman–Crippen LogP) is -6.16. The Hall–Kier alpha value is 1.74. The minimum atomic E-state index is 0.0710. The SMILES string of the molecule is C[SiH](C)[SiH2][SiH2][SiH2][SiH2][SiH2][SiH2][SiH3]. The Bertz CT molecular complexity index is 62.3. The summed E-state index contributed by atoms with van der Waals surface area (Å²) in [7, 11) is 6.68. The molecule has 10 heavy (non-hydrogen) atoms. The van der Waals surface area contributed by atoms with Crippen LogP contribution in [0.15, 0.2) is 0 Å². The number of rotatable bonds is 6. The maximum atomic E-state index is 2.61. The first-order valence-corrected chi connectivity index (χ1v) is 36.0. The van der Waals surface area contributed by atoms with Crippen LogP contribution in [0.5, 0.6) is 0 Å². The minimum absolute atomic E-state index is 0.0710. The summed E-state index contributed by atoms with van der Waals surface area (Å²) in [4.78, 5) is 0. The van der Waals surface area contributed by atoms with E-state index in [1.807, 2.05) is 0 Å². The van der Waals surface area contributed by atoms with Crippen molar-refractivity contribution in [3.63, 3.8) is 0 Å². The van der Waals surface area contributed by atoms with E-state index in [1.165, 1.54) is 0 Å². The fourth-order valence-electron chi connectivity index (χ4n) is 1.16. The van der Waals surface area contributed by atoms with Crippen LogP contribution in [0.3, 0.4) is 0 Å². The van der Waals surface area contributed by atoms with Gasteiger partial charge in [0.2, 0.25) is 0 Å². The molecule has 0 heterocycles. The lowest BCUT2D eigenvalue weighted by atomic mass is 11.9. The van der Waals surface area contributed by atoms with Crippen molar-refractivity contribution in [1.82, 2.24) is 0 Å². The third kappa shape index (κ3) is 9.74. The molecule has 0 nitrogen and oxygen atoms in total. The summed E-state index contributed by atoms with van der Waals surface area (Å²) in [5, 5.41) is 0. The van der Waals surface area contributed by atoms with Gasteiger partial charge in [0.25, 0.3) is 0 Å². The van der Waals surface area contributed by atoms with Gasteiger partial charge in [0, 0.05) is 8.31 Å². The molecule has 0 atom stereocenters. The molecule has 0 aromatic rings. The maximum Gasteiger partial charge on any atom is 0.0146 e. The highest BCUT2D eigenvalue weighted by atomic mass is 30.0. The van der Waals surface area contributed by atoms with Crippen LogP contribution < -0.4 is 0 Å². The Morgan fingerprint density at radius 2 is 1.60 bits per heavy atom. The number of hydrogen-bond donors (Lipinski definition) is 0. The zero-order chi connectivity index (χ0) is 7.82. The van der Waals surface area contributed by atoms with E-state index < -0.39 is 0 Å². The molecule has 0 aromatic heterocycles. The molecule has 0 fully saturated rings. The average Bonchev–Trinajstić information content (AvgIpc) is 1.87. The predicted molar refractivity (Wildman–Crippen MR) is 80.1 cm³/mol. The molecule has 0 aliphatic heterocycles. The Kier molecular flexibility index (Phi) is 10.4. The molecule has 0 N–H and O–H groups in total. The molecule has 0 aliphatic carbocycles. The highest BCUT2D eigenvalue weighted by Crippen LogP contribution is 1.71. The fourth-order valence-corrected chi connectivity index (χ4v) is 215. The van der Waals surface area contributed by atoms with Gasteiger partial charge in [-0.3, -0.25) is 0 Å². The zero-order valence-electron chi connectivity index (χ0n) is 7.82.